The minimum atomic E-state index is 0.162. The van der Waals surface area contributed by atoms with Crippen molar-refractivity contribution in [2.45, 2.75) is 134 Å². The summed E-state index contributed by atoms with van der Waals surface area (Å²) in [5.74, 6) is 1.55. The van der Waals surface area contributed by atoms with Gasteiger partial charge in [-0.3, -0.25) is 4.79 Å². The van der Waals surface area contributed by atoms with E-state index in [-0.39, 0.29) is 5.78 Å². The van der Waals surface area contributed by atoms with E-state index < -0.39 is 0 Å². The van der Waals surface area contributed by atoms with Crippen LogP contribution in [0.3, 0.4) is 0 Å². The second kappa shape index (κ2) is 18.4. The molecule has 2 nitrogen and oxygen atoms in total. The van der Waals surface area contributed by atoms with Crippen LogP contribution in [-0.4, -0.2) is 12.4 Å². The van der Waals surface area contributed by atoms with E-state index >= 15 is 0 Å². The zero-order valence-electron chi connectivity index (χ0n) is 24.9. The Hall–Kier alpha value is -2.00. The number of ether oxygens (including phenoxy) is 1. The van der Waals surface area contributed by atoms with Crippen LogP contribution in [0.25, 0.3) is 6.08 Å². The molecule has 0 aromatic heterocycles. The van der Waals surface area contributed by atoms with Crippen LogP contribution in [0.5, 0.6) is 5.75 Å². The van der Waals surface area contributed by atoms with Crippen LogP contribution in [0.4, 0.5) is 0 Å². The lowest BCUT2D eigenvalue weighted by Gasteiger charge is -2.19. The van der Waals surface area contributed by atoms with Crippen molar-refractivity contribution < 1.29 is 9.53 Å². The maximum atomic E-state index is 13.3. The summed E-state index contributed by atoms with van der Waals surface area (Å²) in [4.78, 5) is 15.3. The number of fused-ring (bicyclic) bond motifs is 1. The molecule has 1 atom stereocenters. The first kappa shape index (κ1) is 31.5. The predicted molar refractivity (Wildman–Crippen MR) is 170 cm³/mol. The van der Waals surface area contributed by atoms with Gasteiger partial charge in [-0.05, 0) is 61.1 Å². The van der Waals surface area contributed by atoms with Gasteiger partial charge in [-0.2, -0.15) is 0 Å². The fraction of sp³-hybridized carbons (Fsp3) is 0.583. The first-order valence-electron chi connectivity index (χ1n) is 16.0. The number of benzene rings is 2. The summed E-state index contributed by atoms with van der Waals surface area (Å²) >= 11 is 1.67. The third-order valence-electron chi connectivity index (χ3n) is 7.93. The zero-order chi connectivity index (χ0) is 27.7. The van der Waals surface area contributed by atoms with E-state index in [0.717, 1.165) is 21.8 Å². The van der Waals surface area contributed by atoms with Gasteiger partial charge in [0.2, 0.25) is 5.78 Å². The highest BCUT2D eigenvalue weighted by atomic mass is 32.2. The molecule has 3 heteroatoms. The lowest BCUT2D eigenvalue weighted by molar-refractivity contribution is 0.104. The van der Waals surface area contributed by atoms with Crippen LogP contribution in [0.1, 0.15) is 151 Å². The first-order valence-corrected chi connectivity index (χ1v) is 16.8. The summed E-state index contributed by atoms with van der Waals surface area (Å²) in [5.41, 5.74) is 3.29. The van der Waals surface area contributed by atoms with E-state index in [1.165, 1.54) is 113 Å². The Kier molecular flexibility index (Phi) is 14.8. The molecule has 0 N–H and O–H groups in total. The van der Waals surface area contributed by atoms with Crippen LogP contribution < -0.4 is 4.74 Å². The molecule has 1 aliphatic heterocycles. The summed E-state index contributed by atoms with van der Waals surface area (Å²) in [6.07, 6.45) is 23.7. The fourth-order valence-electron chi connectivity index (χ4n) is 5.78. The molecule has 2 aromatic rings. The van der Waals surface area contributed by atoms with Crippen molar-refractivity contribution in [2.24, 2.45) is 0 Å². The minimum absolute atomic E-state index is 0.162. The molecule has 214 valence electrons. The number of hydrogen-bond acceptors (Lipinski definition) is 3. The summed E-state index contributed by atoms with van der Waals surface area (Å²) < 4.78 is 5.65. The molecule has 1 unspecified atom stereocenters. The number of carbonyl (C=O) groups is 1. The minimum Gasteiger partial charge on any atom is -0.494 e. The van der Waals surface area contributed by atoms with Crippen molar-refractivity contribution in [3.8, 4) is 5.75 Å². The molecule has 2 aromatic carbocycles. The van der Waals surface area contributed by atoms with E-state index in [2.05, 4.69) is 26.0 Å². The van der Waals surface area contributed by atoms with Gasteiger partial charge in [0.05, 0.1) is 11.5 Å². The molecule has 1 aliphatic rings. The van der Waals surface area contributed by atoms with Gasteiger partial charge < -0.3 is 4.74 Å². The second-order valence-corrected chi connectivity index (χ2v) is 12.2. The van der Waals surface area contributed by atoms with Crippen LogP contribution >= 0.6 is 11.8 Å². The van der Waals surface area contributed by atoms with Crippen LogP contribution in [-0.2, 0) is 0 Å². The van der Waals surface area contributed by atoms with Crippen molar-refractivity contribution in [3.63, 3.8) is 0 Å². The molecule has 0 saturated heterocycles. The molecule has 0 radical (unpaired) electrons. The number of unbranched alkanes of at least 4 members (excludes halogenated alkanes) is 12. The highest BCUT2D eigenvalue weighted by Crippen LogP contribution is 2.46. The average Bonchev–Trinajstić information content (AvgIpc) is 3.26. The van der Waals surface area contributed by atoms with E-state index in [9.17, 15) is 4.79 Å². The normalized spacial score (nSPS) is 14.6. The SMILES string of the molecule is CCCCCCCCCCCCCCCC(CCC)c1cccc2c1SC(=Cc1cccc(OCC)c1)C2=O. The smallest absolute Gasteiger partial charge is 0.200 e. The van der Waals surface area contributed by atoms with E-state index in [1.807, 2.05) is 43.3 Å². The summed E-state index contributed by atoms with van der Waals surface area (Å²) in [5, 5.41) is 0. The third-order valence-corrected chi connectivity index (χ3v) is 9.11. The molecule has 0 bridgehead atoms. The summed E-state index contributed by atoms with van der Waals surface area (Å²) in [6, 6.07) is 14.4. The molecule has 0 saturated carbocycles. The van der Waals surface area contributed by atoms with E-state index in [4.69, 9.17) is 4.74 Å². The lowest BCUT2D eigenvalue weighted by Crippen LogP contribution is -2.02. The molecule has 1 heterocycles. The molecule has 0 amide bonds. The number of allylic oxidation sites excluding steroid dienone is 1. The topological polar surface area (TPSA) is 26.3 Å². The zero-order valence-corrected chi connectivity index (χ0v) is 25.8. The van der Waals surface area contributed by atoms with Gasteiger partial charge in [-0.15, -0.1) is 0 Å². The van der Waals surface area contributed by atoms with Gasteiger partial charge in [0.25, 0.3) is 0 Å². The van der Waals surface area contributed by atoms with E-state index in [1.54, 1.807) is 11.8 Å². The van der Waals surface area contributed by atoms with Crippen LogP contribution in [0.2, 0.25) is 0 Å². The van der Waals surface area contributed by atoms with Crippen molar-refractivity contribution in [3.05, 3.63) is 64.1 Å². The number of thioether (sulfide) groups is 1. The first-order chi connectivity index (χ1) is 19.2. The Morgan fingerprint density at radius 2 is 1.38 bits per heavy atom. The molecule has 39 heavy (non-hydrogen) atoms. The third kappa shape index (κ3) is 10.5. The Bertz CT molecular complexity index is 1020. The monoisotopic (exact) mass is 548 g/mol. The molecular formula is C36H52O2S. The average molecular weight is 549 g/mol. The maximum absolute atomic E-state index is 13.3. The van der Waals surface area contributed by atoms with E-state index in [0.29, 0.717) is 12.5 Å². The lowest BCUT2D eigenvalue weighted by atomic mass is 9.88. The van der Waals surface area contributed by atoms with Gasteiger partial charge in [-0.25, -0.2) is 0 Å². The van der Waals surface area contributed by atoms with Gasteiger partial charge >= 0.3 is 0 Å². The number of carbonyl (C=O) groups excluding carboxylic acids is 1. The maximum Gasteiger partial charge on any atom is 0.200 e. The van der Waals surface area contributed by atoms with Crippen molar-refractivity contribution >= 4 is 23.6 Å². The Labute approximate surface area is 243 Å². The molecule has 0 spiro atoms. The highest BCUT2D eigenvalue weighted by Gasteiger charge is 2.30. The Morgan fingerprint density at radius 1 is 0.744 bits per heavy atom. The van der Waals surface area contributed by atoms with Crippen molar-refractivity contribution in [2.75, 3.05) is 6.61 Å². The fourth-order valence-corrected chi connectivity index (χ4v) is 7.02. The Morgan fingerprint density at radius 3 is 2.03 bits per heavy atom. The van der Waals surface area contributed by atoms with Crippen molar-refractivity contribution in [1.29, 1.82) is 0 Å². The van der Waals surface area contributed by atoms with Gasteiger partial charge in [0, 0.05) is 10.5 Å². The Balaban J connectivity index is 1.48. The summed E-state index contributed by atoms with van der Waals surface area (Å²) in [7, 11) is 0. The molecule has 0 fully saturated rings. The molecule has 3 rings (SSSR count). The predicted octanol–water partition coefficient (Wildman–Crippen LogP) is 11.8. The highest BCUT2D eigenvalue weighted by molar-refractivity contribution is 8.05. The molecular weight excluding hydrogens is 496 g/mol. The quantitative estimate of drug-likeness (QED) is 0.122. The summed E-state index contributed by atoms with van der Waals surface area (Å²) in [6.45, 7) is 7.21. The van der Waals surface area contributed by atoms with Gasteiger partial charge in [0.1, 0.15) is 5.75 Å². The largest absolute Gasteiger partial charge is 0.494 e. The van der Waals surface area contributed by atoms with Crippen LogP contribution in [0, 0.1) is 0 Å². The number of hydrogen-bond donors (Lipinski definition) is 0. The molecule has 0 aliphatic carbocycles. The second-order valence-electron chi connectivity index (χ2n) is 11.2. The number of ketones is 1. The van der Waals surface area contributed by atoms with Crippen molar-refractivity contribution in [1.82, 2.24) is 0 Å². The van der Waals surface area contributed by atoms with Gasteiger partial charge in [0.15, 0.2) is 0 Å². The van der Waals surface area contributed by atoms with Crippen LogP contribution in [0.15, 0.2) is 52.3 Å². The number of rotatable bonds is 20. The van der Waals surface area contributed by atoms with Gasteiger partial charge in [-0.1, -0.05) is 140 Å². The standard InChI is InChI=1S/C36H52O2S/c1-4-7-8-9-10-11-12-13-14-15-16-17-18-23-30(21-5-2)32-25-20-26-33-35(37)34(39-36(32)33)28-29-22-19-24-31(27-29)38-6-3/h19-20,22,24-28,30H,4-18,21,23H2,1-3H3. The number of Topliss-reactive ketones (excluding diaryl/α,β-unsaturated/α-hetero) is 1.